The number of fused-ring (bicyclic) bond motifs is 5. The van der Waals surface area contributed by atoms with Crippen molar-refractivity contribution in [2.75, 3.05) is 33.0 Å². The molecule has 0 amide bonds. The molecule has 8 atom stereocenters. The van der Waals surface area contributed by atoms with Crippen LogP contribution in [0, 0.1) is 52.3 Å². The van der Waals surface area contributed by atoms with Gasteiger partial charge in [-0.3, -0.25) is 0 Å². The van der Waals surface area contributed by atoms with E-state index < -0.39 is 0 Å². The molecule has 0 aromatic heterocycles. The van der Waals surface area contributed by atoms with Crippen molar-refractivity contribution >= 4 is 0 Å². The highest BCUT2D eigenvalue weighted by Gasteiger charge is 2.59. The second kappa shape index (κ2) is 12.6. The molecular weight excluding hydrogens is 444 g/mol. The van der Waals surface area contributed by atoms with Crippen molar-refractivity contribution in [1.82, 2.24) is 0 Å². The summed E-state index contributed by atoms with van der Waals surface area (Å²) in [4.78, 5) is 0. The number of allylic oxidation sites excluding steroid dienone is 2. The van der Waals surface area contributed by atoms with Crippen molar-refractivity contribution in [3.8, 4) is 0 Å². The number of aliphatic hydroxyl groups excluding tert-OH is 1. The Kier molecular flexibility index (Phi) is 10.1. The summed E-state index contributed by atoms with van der Waals surface area (Å²) in [5, 5.41) is 8.79. The van der Waals surface area contributed by atoms with E-state index in [4.69, 9.17) is 14.6 Å². The first-order valence-corrected chi connectivity index (χ1v) is 15.8. The maximum atomic E-state index is 8.79. The van der Waals surface area contributed by atoms with E-state index >= 15 is 0 Å². The highest BCUT2D eigenvalue weighted by atomic mass is 16.5. The number of ether oxygens (including phenoxy) is 2. The first-order valence-electron chi connectivity index (χ1n) is 15.8. The number of rotatable bonds is 13. The Morgan fingerprint density at radius 3 is 2.44 bits per heavy atom. The third-order valence-corrected chi connectivity index (χ3v) is 11.7. The minimum Gasteiger partial charge on any atom is -0.394 e. The molecule has 4 unspecified atom stereocenters. The van der Waals surface area contributed by atoms with E-state index in [1.807, 2.05) is 5.57 Å². The standard InChI is InChI=1S/C33H58O3/c1-24(2)7-6-8-25(3)29-11-12-30-28-10-9-27-23-26(15-19-35-21-22-36-20-18-34)13-16-32(27,4)31(28)14-17-33(29,30)5/h9,24-26,28-31,34H,6-8,10-23H2,1-5H3/t25-,26?,28?,29-,30?,31?,32+,33-/m1/s1. The lowest BCUT2D eigenvalue weighted by atomic mass is 9.46. The quantitative estimate of drug-likeness (QED) is 0.204. The van der Waals surface area contributed by atoms with Gasteiger partial charge in [0.25, 0.3) is 0 Å². The zero-order valence-corrected chi connectivity index (χ0v) is 24.4. The summed E-state index contributed by atoms with van der Waals surface area (Å²) in [5.41, 5.74) is 2.86. The minimum atomic E-state index is 0.0932. The van der Waals surface area contributed by atoms with Gasteiger partial charge < -0.3 is 14.6 Å². The number of hydrogen-bond donors (Lipinski definition) is 1. The third-order valence-electron chi connectivity index (χ3n) is 11.7. The van der Waals surface area contributed by atoms with Gasteiger partial charge >= 0.3 is 0 Å². The summed E-state index contributed by atoms with van der Waals surface area (Å²) in [6, 6.07) is 0. The Labute approximate surface area is 223 Å². The van der Waals surface area contributed by atoms with Crippen LogP contribution in [0.5, 0.6) is 0 Å². The fourth-order valence-corrected chi connectivity index (χ4v) is 9.64. The van der Waals surface area contributed by atoms with Crippen molar-refractivity contribution < 1.29 is 14.6 Å². The van der Waals surface area contributed by atoms with Gasteiger partial charge in [0.2, 0.25) is 0 Å². The van der Waals surface area contributed by atoms with Crippen LogP contribution in [-0.4, -0.2) is 38.1 Å². The maximum absolute atomic E-state index is 8.79. The highest BCUT2D eigenvalue weighted by molar-refractivity contribution is 5.25. The van der Waals surface area contributed by atoms with E-state index in [1.54, 1.807) is 0 Å². The minimum absolute atomic E-state index is 0.0932. The molecule has 0 bridgehead atoms. The van der Waals surface area contributed by atoms with Gasteiger partial charge in [-0.05, 0) is 110 Å². The lowest BCUT2D eigenvalue weighted by Crippen LogP contribution is -2.50. The van der Waals surface area contributed by atoms with Gasteiger partial charge in [-0.25, -0.2) is 0 Å². The molecule has 0 aromatic carbocycles. The molecule has 0 saturated heterocycles. The molecule has 0 heterocycles. The second-order valence-electron chi connectivity index (χ2n) is 14.1. The van der Waals surface area contributed by atoms with Gasteiger partial charge in [0.05, 0.1) is 26.4 Å². The van der Waals surface area contributed by atoms with Gasteiger partial charge in [0, 0.05) is 6.61 Å². The Morgan fingerprint density at radius 2 is 1.69 bits per heavy atom. The van der Waals surface area contributed by atoms with Crippen LogP contribution in [0.2, 0.25) is 0 Å². The van der Waals surface area contributed by atoms with Crippen molar-refractivity contribution in [3.63, 3.8) is 0 Å². The zero-order chi connectivity index (χ0) is 25.8. The Hall–Kier alpha value is -0.380. The van der Waals surface area contributed by atoms with Crippen LogP contribution in [0.4, 0.5) is 0 Å². The average molecular weight is 503 g/mol. The van der Waals surface area contributed by atoms with Gasteiger partial charge in [-0.1, -0.05) is 65.5 Å². The molecule has 3 nitrogen and oxygen atoms in total. The molecule has 0 aromatic rings. The molecule has 1 N–H and O–H groups in total. The van der Waals surface area contributed by atoms with Crippen LogP contribution in [0.25, 0.3) is 0 Å². The van der Waals surface area contributed by atoms with Crippen LogP contribution in [-0.2, 0) is 9.47 Å². The SMILES string of the molecule is CC(C)CCC[C@@H](C)[C@H]1CCC2C3CC=C4CC(CCOCCOCCO)CC[C@]4(C)C3CC[C@@]21C. The molecule has 0 spiro atoms. The molecule has 0 radical (unpaired) electrons. The average Bonchev–Trinajstić information content (AvgIpc) is 3.20. The van der Waals surface area contributed by atoms with Crippen molar-refractivity contribution in [2.24, 2.45) is 52.3 Å². The van der Waals surface area contributed by atoms with Gasteiger partial charge in [-0.15, -0.1) is 0 Å². The molecular formula is C33H58O3. The van der Waals surface area contributed by atoms with Crippen LogP contribution in [0.3, 0.4) is 0 Å². The lowest BCUT2D eigenvalue weighted by molar-refractivity contribution is -0.0536. The Balaban J connectivity index is 1.31. The summed E-state index contributed by atoms with van der Waals surface area (Å²) in [7, 11) is 0. The molecule has 208 valence electrons. The fourth-order valence-electron chi connectivity index (χ4n) is 9.64. The summed E-state index contributed by atoms with van der Waals surface area (Å²) < 4.78 is 11.1. The van der Waals surface area contributed by atoms with E-state index in [2.05, 4.69) is 40.7 Å². The summed E-state index contributed by atoms with van der Waals surface area (Å²) >= 11 is 0. The Morgan fingerprint density at radius 1 is 0.917 bits per heavy atom. The molecule has 3 heteroatoms. The zero-order valence-electron chi connectivity index (χ0n) is 24.4. The fraction of sp³-hybridized carbons (Fsp3) is 0.939. The highest BCUT2D eigenvalue weighted by Crippen LogP contribution is 2.67. The number of hydrogen-bond acceptors (Lipinski definition) is 3. The molecule has 3 fully saturated rings. The second-order valence-corrected chi connectivity index (χ2v) is 14.1. The number of aliphatic hydroxyl groups is 1. The van der Waals surface area contributed by atoms with Crippen molar-refractivity contribution in [1.29, 1.82) is 0 Å². The van der Waals surface area contributed by atoms with Gasteiger partial charge in [0.1, 0.15) is 0 Å². The lowest BCUT2D eigenvalue weighted by Gasteiger charge is -2.58. The largest absolute Gasteiger partial charge is 0.394 e. The maximum Gasteiger partial charge on any atom is 0.0701 e. The van der Waals surface area contributed by atoms with Crippen LogP contribution >= 0.6 is 0 Å². The first kappa shape index (κ1) is 28.6. The predicted octanol–water partition coefficient (Wildman–Crippen LogP) is 8.06. The Bertz CT molecular complexity index is 716. The van der Waals surface area contributed by atoms with E-state index in [0.29, 0.717) is 30.7 Å². The normalized spacial score (nSPS) is 38.9. The van der Waals surface area contributed by atoms with Crippen LogP contribution in [0.15, 0.2) is 11.6 Å². The molecule has 0 aliphatic heterocycles. The van der Waals surface area contributed by atoms with E-state index in [-0.39, 0.29) is 6.61 Å². The topological polar surface area (TPSA) is 38.7 Å². The third kappa shape index (κ3) is 6.09. The molecule has 3 saturated carbocycles. The van der Waals surface area contributed by atoms with Gasteiger partial charge in [-0.2, -0.15) is 0 Å². The van der Waals surface area contributed by atoms with E-state index in [9.17, 15) is 0 Å². The van der Waals surface area contributed by atoms with Gasteiger partial charge in [0.15, 0.2) is 0 Å². The molecule has 4 aliphatic rings. The summed E-state index contributed by atoms with van der Waals surface area (Å²) in [5.74, 6) is 6.31. The monoisotopic (exact) mass is 502 g/mol. The summed E-state index contributed by atoms with van der Waals surface area (Å²) in [6.45, 7) is 15.3. The van der Waals surface area contributed by atoms with Crippen LogP contribution < -0.4 is 0 Å². The molecule has 36 heavy (non-hydrogen) atoms. The predicted molar refractivity (Wildman–Crippen MR) is 150 cm³/mol. The first-order chi connectivity index (χ1) is 17.3. The summed E-state index contributed by atoms with van der Waals surface area (Å²) in [6.07, 6.45) is 19.6. The van der Waals surface area contributed by atoms with E-state index in [1.165, 1.54) is 77.0 Å². The van der Waals surface area contributed by atoms with Crippen molar-refractivity contribution in [3.05, 3.63) is 11.6 Å². The van der Waals surface area contributed by atoms with Crippen molar-refractivity contribution in [2.45, 2.75) is 112 Å². The van der Waals surface area contributed by atoms with Crippen LogP contribution in [0.1, 0.15) is 112 Å². The smallest absolute Gasteiger partial charge is 0.0701 e. The van der Waals surface area contributed by atoms with E-state index in [0.717, 1.165) is 48.0 Å². The molecule has 4 rings (SSSR count). The molecule has 4 aliphatic carbocycles.